The first-order valence-electron chi connectivity index (χ1n) is 7.09. The molecule has 1 aromatic carbocycles. The largest absolute Gasteiger partial charge is 0.395 e. The van der Waals surface area contributed by atoms with Gasteiger partial charge in [0.15, 0.2) is 0 Å². The summed E-state index contributed by atoms with van der Waals surface area (Å²) in [6.45, 7) is 3.44. The molecule has 1 unspecified atom stereocenters. The van der Waals surface area contributed by atoms with Crippen LogP contribution in [0.1, 0.15) is 29.9 Å². The smallest absolute Gasteiger partial charge is 0.0721 e. The van der Waals surface area contributed by atoms with Gasteiger partial charge in [-0.1, -0.05) is 25.5 Å². The van der Waals surface area contributed by atoms with Gasteiger partial charge >= 0.3 is 0 Å². The standard InChI is InChI=1S/C15H25NO2S2/c1-2-3-12-20-15(19)13-4-6-14(7-5-13)16(8-10-17)9-11-18/h4-7,15,17-19H,2-3,8-12H2,1H3. The molecule has 1 aromatic rings. The first-order valence-corrected chi connectivity index (χ1v) is 8.65. The normalized spacial score (nSPS) is 12.4. The molecule has 0 aliphatic carbocycles. The predicted molar refractivity (Wildman–Crippen MR) is 91.9 cm³/mol. The quantitative estimate of drug-likeness (QED) is 0.353. The molecule has 0 aliphatic rings. The van der Waals surface area contributed by atoms with Gasteiger partial charge in [0.1, 0.15) is 0 Å². The number of hydrogen-bond acceptors (Lipinski definition) is 5. The molecule has 0 saturated carbocycles. The summed E-state index contributed by atoms with van der Waals surface area (Å²) in [5.41, 5.74) is 2.22. The van der Waals surface area contributed by atoms with Crippen LogP contribution in [0.3, 0.4) is 0 Å². The minimum atomic E-state index is 0.0871. The van der Waals surface area contributed by atoms with Gasteiger partial charge in [-0.05, 0) is 29.9 Å². The van der Waals surface area contributed by atoms with Crippen LogP contribution in [0.25, 0.3) is 0 Å². The Kier molecular flexibility index (Phi) is 9.18. The molecule has 2 N–H and O–H groups in total. The summed E-state index contributed by atoms with van der Waals surface area (Å²) >= 11 is 6.49. The highest BCUT2D eigenvalue weighted by Crippen LogP contribution is 2.33. The highest BCUT2D eigenvalue weighted by molar-refractivity contribution is 8.09. The minimum absolute atomic E-state index is 0.0871. The zero-order valence-corrected chi connectivity index (χ0v) is 13.7. The first kappa shape index (κ1) is 17.7. The van der Waals surface area contributed by atoms with Gasteiger partial charge in [0.25, 0.3) is 0 Å². The van der Waals surface area contributed by atoms with Crippen LogP contribution in [-0.4, -0.2) is 42.3 Å². The monoisotopic (exact) mass is 315 g/mol. The number of thioether (sulfide) groups is 1. The predicted octanol–water partition coefficient (Wildman–Crippen LogP) is 2.94. The van der Waals surface area contributed by atoms with E-state index in [0.717, 1.165) is 11.4 Å². The van der Waals surface area contributed by atoms with Crippen LogP contribution in [0.5, 0.6) is 0 Å². The molecule has 0 saturated heterocycles. The Hall–Kier alpha value is -0.360. The number of hydrogen-bond donors (Lipinski definition) is 3. The van der Waals surface area contributed by atoms with Gasteiger partial charge < -0.3 is 15.1 Å². The maximum atomic E-state index is 9.05. The van der Waals surface area contributed by atoms with Crippen molar-refractivity contribution in [2.24, 2.45) is 0 Å². The van der Waals surface area contributed by atoms with E-state index in [0.29, 0.717) is 13.1 Å². The summed E-state index contributed by atoms with van der Waals surface area (Å²) in [5.74, 6) is 1.13. The number of nitrogens with zero attached hydrogens (tertiary/aromatic N) is 1. The zero-order valence-electron chi connectivity index (χ0n) is 12.0. The van der Waals surface area contributed by atoms with Gasteiger partial charge in [0, 0.05) is 18.8 Å². The van der Waals surface area contributed by atoms with Gasteiger partial charge in [-0.2, -0.15) is 12.6 Å². The lowest BCUT2D eigenvalue weighted by Gasteiger charge is -2.23. The Morgan fingerprint density at radius 2 is 1.75 bits per heavy atom. The summed E-state index contributed by atoms with van der Waals surface area (Å²) in [7, 11) is 0. The van der Waals surface area contributed by atoms with E-state index >= 15 is 0 Å². The van der Waals surface area contributed by atoms with Crippen molar-refractivity contribution in [3.05, 3.63) is 29.8 Å². The number of rotatable bonds is 10. The fourth-order valence-electron chi connectivity index (χ4n) is 1.90. The van der Waals surface area contributed by atoms with Crippen LogP contribution in [-0.2, 0) is 0 Å². The van der Waals surface area contributed by atoms with Gasteiger partial charge in [-0.3, -0.25) is 0 Å². The average molecular weight is 316 g/mol. The molecule has 0 heterocycles. The van der Waals surface area contributed by atoms with Crippen molar-refractivity contribution >= 4 is 30.1 Å². The molecule has 3 nitrogen and oxygen atoms in total. The molecule has 0 spiro atoms. The third-order valence-corrected chi connectivity index (χ3v) is 4.91. The van der Waals surface area contributed by atoms with Gasteiger partial charge in [0.05, 0.1) is 17.8 Å². The summed E-state index contributed by atoms with van der Waals surface area (Å²) in [4.78, 5) is 1.97. The topological polar surface area (TPSA) is 43.7 Å². The molecular formula is C15H25NO2S2. The van der Waals surface area contributed by atoms with Crippen molar-refractivity contribution in [1.29, 1.82) is 0 Å². The van der Waals surface area contributed by atoms with Gasteiger partial charge in [-0.25, -0.2) is 0 Å². The Balaban J connectivity index is 2.61. The number of thiol groups is 1. The molecule has 114 valence electrons. The highest BCUT2D eigenvalue weighted by atomic mass is 32.2. The van der Waals surface area contributed by atoms with Crippen LogP contribution in [0.15, 0.2) is 24.3 Å². The van der Waals surface area contributed by atoms with Crippen molar-refractivity contribution < 1.29 is 10.2 Å². The minimum Gasteiger partial charge on any atom is -0.395 e. The van der Waals surface area contributed by atoms with Crippen molar-refractivity contribution in [1.82, 2.24) is 0 Å². The second kappa shape index (κ2) is 10.4. The van der Waals surface area contributed by atoms with Gasteiger partial charge in [-0.15, -0.1) is 11.8 Å². The molecule has 0 aliphatic heterocycles. The zero-order chi connectivity index (χ0) is 14.8. The number of aliphatic hydroxyl groups excluding tert-OH is 2. The number of anilines is 1. The van der Waals surface area contributed by atoms with Crippen LogP contribution in [0.4, 0.5) is 5.69 Å². The molecule has 0 radical (unpaired) electrons. The molecule has 20 heavy (non-hydrogen) atoms. The number of unbranched alkanes of at least 4 members (excludes halogenated alkanes) is 1. The van der Waals surface area contributed by atoms with Crippen LogP contribution in [0.2, 0.25) is 0 Å². The lowest BCUT2D eigenvalue weighted by molar-refractivity contribution is 0.281. The Labute approximate surface area is 131 Å². The van der Waals surface area contributed by atoms with E-state index in [1.807, 2.05) is 28.8 Å². The van der Waals surface area contributed by atoms with E-state index in [9.17, 15) is 0 Å². The molecule has 1 atom stereocenters. The van der Waals surface area contributed by atoms with E-state index < -0.39 is 0 Å². The van der Waals surface area contributed by atoms with E-state index in [1.54, 1.807) is 0 Å². The summed E-state index contributed by atoms with van der Waals surface area (Å²) in [6, 6.07) is 8.22. The Bertz CT molecular complexity index is 353. The fourth-order valence-corrected chi connectivity index (χ4v) is 3.41. The van der Waals surface area contributed by atoms with Gasteiger partial charge in [0.2, 0.25) is 0 Å². The van der Waals surface area contributed by atoms with E-state index in [4.69, 9.17) is 10.2 Å². The molecule has 0 aromatic heterocycles. The van der Waals surface area contributed by atoms with Crippen molar-refractivity contribution in [2.45, 2.75) is 24.3 Å². The maximum Gasteiger partial charge on any atom is 0.0721 e. The summed E-state index contributed by atoms with van der Waals surface area (Å²) < 4.78 is 0.208. The second-order valence-corrected chi connectivity index (χ2v) is 6.68. The van der Waals surface area contributed by atoms with Crippen molar-refractivity contribution in [2.75, 3.05) is 37.0 Å². The summed E-state index contributed by atoms with van der Waals surface area (Å²) in [6.07, 6.45) is 2.43. The molecule has 0 fully saturated rings. The third-order valence-electron chi connectivity index (χ3n) is 3.06. The summed E-state index contributed by atoms with van der Waals surface area (Å²) in [5, 5.41) is 18.1. The highest BCUT2D eigenvalue weighted by Gasteiger charge is 2.09. The first-order chi connectivity index (χ1) is 9.72. The lowest BCUT2D eigenvalue weighted by atomic mass is 10.2. The molecular weight excluding hydrogens is 290 g/mol. The average Bonchev–Trinajstić information content (AvgIpc) is 2.47. The fraction of sp³-hybridized carbons (Fsp3) is 0.600. The Morgan fingerprint density at radius 3 is 2.25 bits per heavy atom. The van der Waals surface area contributed by atoms with E-state index in [-0.39, 0.29) is 17.8 Å². The number of aliphatic hydroxyl groups is 2. The number of benzene rings is 1. The van der Waals surface area contributed by atoms with E-state index in [1.165, 1.54) is 18.4 Å². The molecule has 5 heteroatoms. The van der Waals surface area contributed by atoms with E-state index in [2.05, 4.69) is 31.7 Å². The maximum absolute atomic E-state index is 9.05. The van der Waals surface area contributed by atoms with Crippen LogP contribution in [0, 0.1) is 0 Å². The van der Waals surface area contributed by atoms with Crippen LogP contribution >= 0.6 is 24.4 Å². The van der Waals surface area contributed by atoms with Crippen molar-refractivity contribution in [3.63, 3.8) is 0 Å². The molecule has 0 amide bonds. The second-order valence-electron chi connectivity index (χ2n) is 4.60. The van der Waals surface area contributed by atoms with Crippen LogP contribution < -0.4 is 4.90 Å². The SMILES string of the molecule is CCCCSC(S)c1ccc(N(CCO)CCO)cc1. The third kappa shape index (κ3) is 5.95. The molecule has 0 bridgehead atoms. The Morgan fingerprint density at radius 1 is 1.15 bits per heavy atom. The lowest BCUT2D eigenvalue weighted by Crippen LogP contribution is -2.29. The van der Waals surface area contributed by atoms with Crippen molar-refractivity contribution in [3.8, 4) is 0 Å². The molecule has 1 rings (SSSR count).